The van der Waals surface area contributed by atoms with Crippen LogP contribution in [0.15, 0.2) is 53.4 Å². The van der Waals surface area contributed by atoms with Crippen LogP contribution >= 0.6 is 0 Å². The third kappa shape index (κ3) is 7.13. The summed E-state index contributed by atoms with van der Waals surface area (Å²) in [5.74, 6) is -1.33. The van der Waals surface area contributed by atoms with E-state index in [4.69, 9.17) is 4.74 Å². The number of esters is 1. The van der Waals surface area contributed by atoms with Crippen molar-refractivity contribution in [2.24, 2.45) is 0 Å². The Bertz CT molecular complexity index is 983. The zero-order valence-electron chi connectivity index (χ0n) is 16.1. The van der Waals surface area contributed by atoms with E-state index in [2.05, 4.69) is 10.0 Å². The first kappa shape index (κ1) is 22.3. The van der Waals surface area contributed by atoms with Crippen LogP contribution in [-0.2, 0) is 24.3 Å². The largest absolute Gasteiger partial charge is 0.457 e. The molecule has 2 N–H and O–H groups in total. The van der Waals surface area contributed by atoms with Gasteiger partial charge in [-0.05, 0) is 43.3 Å². The summed E-state index contributed by atoms with van der Waals surface area (Å²) < 4.78 is 31.5. The zero-order valence-corrected chi connectivity index (χ0v) is 16.9. The van der Waals surface area contributed by atoms with Crippen molar-refractivity contribution >= 4 is 33.4 Å². The van der Waals surface area contributed by atoms with Gasteiger partial charge in [-0.15, -0.1) is 0 Å². The molecule has 0 saturated heterocycles. The number of nitrogens with one attached hydrogen (secondary N) is 2. The Hall–Kier alpha value is -3.04. The number of Topliss-reactive ketones (excluding diaryl/α,β-unsaturated/α-hetero) is 1. The number of amides is 1. The van der Waals surface area contributed by atoms with Crippen LogP contribution in [0.1, 0.15) is 29.3 Å². The minimum Gasteiger partial charge on any atom is -0.457 e. The lowest BCUT2D eigenvalue weighted by atomic mass is 10.1. The van der Waals surface area contributed by atoms with Gasteiger partial charge in [-0.2, -0.15) is 0 Å². The molecule has 2 aromatic rings. The molecule has 0 aliphatic rings. The highest BCUT2D eigenvalue weighted by Crippen LogP contribution is 2.11. The fourth-order valence-corrected chi connectivity index (χ4v) is 3.36. The second-order valence-electron chi connectivity index (χ2n) is 6.30. The van der Waals surface area contributed by atoms with Crippen LogP contribution in [-0.4, -0.2) is 39.2 Å². The molecule has 2 aromatic carbocycles. The second-order valence-corrected chi connectivity index (χ2v) is 8.07. The maximum absolute atomic E-state index is 12.1. The lowest BCUT2D eigenvalue weighted by molar-refractivity contribution is -0.142. The summed E-state index contributed by atoms with van der Waals surface area (Å²) in [6.07, 6.45) is -0.208. The Morgan fingerprint density at radius 1 is 0.966 bits per heavy atom. The normalized spacial score (nSPS) is 11.0. The number of carbonyl (C=O) groups is 3. The van der Waals surface area contributed by atoms with Crippen molar-refractivity contribution < 1.29 is 27.5 Å². The van der Waals surface area contributed by atoms with Gasteiger partial charge in [0.1, 0.15) is 0 Å². The van der Waals surface area contributed by atoms with Crippen molar-refractivity contribution in [2.45, 2.75) is 25.2 Å². The molecular formula is C20H22N2O6S. The van der Waals surface area contributed by atoms with Crippen molar-refractivity contribution in [3.63, 3.8) is 0 Å². The Morgan fingerprint density at radius 2 is 1.59 bits per heavy atom. The van der Waals surface area contributed by atoms with Crippen LogP contribution in [0.4, 0.5) is 5.69 Å². The maximum atomic E-state index is 12.1. The fourth-order valence-electron chi connectivity index (χ4n) is 2.33. The van der Waals surface area contributed by atoms with Crippen molar-refractivity contribution in [3.8, 4) is 0 Å². The number of aryl methyl sites for hydroxylation is 1. The smallest absolute Gasteiger partial charge is 0.307 e. The SMILES string of the molecule is CC(=O)Nc1ccc(C(=O)COC(=O)CCNS(=O)(=O)c2ccc(C)cc2)cc1. The molecule has 0 radical (unpaired) electrons. The molecule has 0 aromatic heterocycles. The van der Waals surface area contributed by atoms with Crippen molar-refractivity contribution in [1.29, 1.82) is 0 Å². The minimum atomic E-state index is -3.71. The summed E-state index contributed by atoms with van der Waals surface area (Å²) in [4.78, 5) is 34.9. The van der Waals surface area contributed by atoms with E-state index in [1.807, 2.05) is 6.92 Å². The van der Waals surface area contributed by atoms with E-state index in [1.54, 1.807) is 24.3 Å². The number of hydrogen-bond acceptors (Lipinski definition) is 6. The second kappa shape index (κ2) is 9.94. The summed E-state index contributed by atoms with van der Waals surface area (Å²) in [6, 6.07) is 12.5. The molecule has 9 heteroatoms. The van der Waals surface area contributed by atoms with Gasteiger partial charge in [0.05, 0.1) is 11.3 Å². The van der Waals surface area contributed by atoms with Gasteiger partial charge in [0.25, 0.3) is 0 Å². The Balaban J connectivity index is 1.77. The minimum absolute atomic E-state index is 0.106. The summed E-state index contributed by atoms with van der Waals surface area (Å²) in [5.41, 5.74) is 1.81. The molecule has 0 aliphatic heterocycles. The molecule has 0 spiro atoms. The molecule has 0 atom stereocenters. The number of ether oxygens (including phenoxy) is 1. The standard InChI is InChI=1S/C20H22N2O6S/c1-14-3-9-18(10-4-14)29(26,27)21-12-11-20(25)28-13-19(24)16-5-7-17(8-6-16)22-15(2)23/h3-10,21H,11-13H2,1-2H3,(H,22,23). The lowest BCUT2D eigenvalue weighted by Gasteiger charge is -2.08. The fraction of sp³-hybridized carbons (Fsp3) is 0.250. The topological polar surface area (TPSA) is 119 Å². The molecular weight excluding hydrogens is 396 g/mol. The highest BCUT2D eigenvalue weighted by Gasteiger charge is 2.15. The van der Waals surface area contributed by atoms with E-state index in [0.29, 0.717) is 11.3 Å². The molecule has 1 amide bonds. The van der Waals surface area contributed by atoms with E-state index in [-0.39, 0.29) is 23.8 Å². The predicted octanol–water partition coefficient (Wildman–Crippen LogP) is 2.05. The number of benzene rings is 2. The van der Waals surface area contributed by atoms with Gasteiger partial charge in [0.2, 0.25) is 15.9 Å². The highest BCUT2D eigenvalue weighted by atomic mass is 32.2. The van der Waals surface area contributed by atoms with Gasteiger partial charge in [-0.3, -0.25) is 14.4 Å². The van der Waals surface area contributed by atoms with Crippen LogP contribution in [0.25, 0.3) is 0 Å². The third-order valence-corrected chi connectivity index (χ3v) is 5.32. The molecule has 0 bridgehead atoms. The van der Waals surface area contributed by atoms with Crippen LogP contribution in [0.2, 0.25) is 0 Å². The average Bonchev–Trinajstić information content (AvgIpc) is 2.66. The van der Waals surface area contributed by atoms with Crippen LogP contribution in [0.3, 0.4) is 0 Å². The zero-order chi connectivity index (χ0) is 21.4. The van der Waals surface area contributed by atoms with Crippen molar-refractivity contribution in [2.75, 3.05) is 18.5 Å². The van der Waals surface area contributed by atoms with E-state index >= 15 is 0 Å². The highest BCUT2D eigenvalue weighted by molar-refractivity contribution is 7.89. The van der Waals surface area contributed by atoms with E-state index < -0.39 is 28.4 Å². The summed E-state index contributed by atoms with van der Waals surface area (Å²) in [7, 11) is -3.71. The Morgan fingerprint density at radius 3 is 2.17 bits per heavy atom. The molecule has 0 saturated carbocycles. The number of carbonyl (C=O) groups excluding carboxylic acids is 3. The van der Waals surface area contributed by atoms with E-state index in [1.165, 1.54) is 31.2 Å². The van der Waals surface area contributed by atoms with Gasteiger partial charge >= 0.3 is 5.97 Å². The number of hydrogen-bond donors (Lipinski definition) is 2. The van der Waals surface area contributed by atoms with Gasteiger partial charge in [0, 0.05) is 24.7 Å². The van der Waals surface area contributed by atoms with Crippen molar-refractivity contribution in [1.82, 2.24) is 4.72 Å². The molecule has 2 rings (SSSR count). The number of ketones is 1. The van der Waals surface area contributed by atoms with Crippen LogP contribution in [0, 0.1) is 6.92 Å². The Labute approximate surface area is 169 Å². The molecule has 0 fully saturated rings. The third-order valence-electron chi connectivity index (χ3n) is 3.84. The van der Waals surface area contributed by atoms with Gasteiger partial charge in [0.15, 0.2) is 12.4 Å². The van der Waals surface area contributed by atoms with Gasteiger partial charge in [-0.1, -0.05) is 17.7 Å². The first-order valence-electron chi connectivity index (χ1n) is 8.80. The van der Waals surface area contributed by atoms with Crippen LogP contribution < -0.4 is 10.0 Å². The maximum Gasteiger partial charge on any atom is 0.307 e. The van der Waals surface area contributed by atoms with Gasteiger partial charge in [-0.25, -0.2) is 13.1 Å². The lowest BCUT2D eigenvalue weighted by Crippen LogP contribution is -2.27. The molecule has 0 heterocycles. The number of rotatable bonds is 9. The first-order chi connectivity index (χ1) is 13.7. The molecule has 8 nitrogen and oxygen atoms in total. The monoisotopic (exact) mass is 418 g/mol. The molecule has 0 unspecified atom stereocenters. The average molecular weight is 418 g/mol. The predicted molar refractivity (Wildman–Crippen MR) is 107 cm³/mol. The van der Waals surface area contributed by atoms with E-state index in [0.717, 1.165) is 5.56 Å². The Kier molecular flexibility index (Phi) is 7.63. The molecule has 154 valence electrons. The van der Waals surface area contributed by atoms with Crippen LogP contribution in [0.5, 0.6) is 0 Å². The summed E-state index contributed by atoms with van der Waals surface area (Å²) >= 11 is 0. The van der Waals surface area contributed by atoms with E-state index in [9.17, 15) is 22.8 Å². The molecule has 29 heavy (non-hydrogen) atoms. The first-order valence-corrected chi connectivity index (χ1v) is 10.3. The number of sulfonamides is 1. The molecule has 0 aliphatic carbocycles. The number of anilines is 1. The van der Waals surface area contributed by atoms with Crippen molar-refractivity contribution in [3.05, 3.63) is 59.7 Å². The quantitative estimate of drug-likeness (QED) is 0.475. The summed E-state index contributed by atoms with van der Waals surface area (Å²) in [6.45, 7) is 2.62. The van der Waals surface area contributed by atoms with Gasteiger partial charge < -0.3 is 10.1 Å². The summed E-state index contributed by atoms with van der Waals surface area (Å²) in [5, 5.41) is 2.58.